The molecule has 2 heterocycles. The topological polar surface area (TPSA) is 101 Å². The summed E-state index contributed by atoms with van der Waals surface area (Å²) >= 11 is 5.99. The lowest BCUT2D eigenvalue weighted by Gasteiger charge is -2.17. The minimum Gasteiger partial charge on any atom is -0.395 e. The molecule has 0 spiro atoms. The van der Waals surface area contributed by atoms with Gasteiger partial charge in [-0.15, -0.1) is 0 Å². The van der Waals surface area contributed by atoms with E-state index in [0.717, 1.165) is 4.31 Å². The Kier molecular flexibility index (Phi) is 5.12. The summed E-state index contributed by atoms with van der Waals surface area (Å²) in [7, 11) is -2.39. The van der Waals surface area contributed by atoms with Crippen molar-refractivity contribution in [2.24, 2.45) is 5.16 Å². The van der Waals surface area contributed by atoms with E-state index in [9.17, 15) is 13.2 Å². The van der Waals surface area contributed by atoms with Crippen molar-refractivity contribution in [2.75, 3.05) is 24.9 Å². The summed E-state index contributed by atoms with van der Waals surface area (Å²) in [6, 6.07) is 9.86. The summed E-state index contributed by atoms with van der Waals surface area (Å²) in [5.41, 5.74) is 1.17. The van der Waals surface area contributed by atoms with Crippen LogP contribution in [0.2, 0.25) is 5.02 Å². The van der Waals surface area contributed by atoms with Gasteiger partial charge < -0.3 is 4.84 Å². The van der Waals surface area contributed by atoms with Crippen LogP contribution in [0.3, 0.4) is 0 Å². The van der Waals surface area contributed by atoms with Gasteiger partial charge in [0.1, 0.15) is 6.61 Å². The molecular formula is C19H17ClN4O4S. The molecule has 29 heavy (non-hydrogen) atoms. The molecule has 0 saturated heterocycles. The number of benzene rings is 1. The van der Waals surface area contributed by atoms with Crippen LogP contribution in [0.15, 0.2) is 52.5 Å². The molecule has 3 aromatic rings. The first kappa shape index (κ1) is 19.6. The Morgan fingerprint density at radius 1 is 1.21 bits per heavy atom. The van der Waals surface area contributed by atoms with Crippen molar-refractivity contribution in [2.45, 2.75) is 6.42 Å². The molecule has 2 aromatic carbocycles. The zero-order chi connectivity index (χ0) is 20.6. The second kappa shape index (κ2) is 7.58. The lowest BCUT2D eigenvalue weighted by atomic mass is 10.1. The SMILES string of the molecule is CN(CC1=NOCC1)S(=O)(=O)Nc1ccc2ccc3ncc(Cl)cc3c(=O)c2c1. The van der Waals surface area contributed by atoms with Gasteiger partial charge >= 0.3 is 10.2 Å². The lowest BCUT2D eigenvalue weighted by molar-refractivity contribution is 0.173. The van der Waals surface area contributed by atoms with Gasteiger partial charge in [0.15, 0.2) is 5.43 Å². The van der Waals surface area contributed by atoms with Crippen molar-refractivity contribution in [3.8, 4) is 0 Å². The average Bonchev–Trinajstić information content (AvgIpc) is 3.15. The standard InChI is InChI=1S/C19H17ClN4O4S/c1-24(11-15-6-7-28-22-15)29(26,27)23-14-4-2-12-3-5-18-17(8-13(20)10-21-18)19(25)16(12)9-14/h2-5,8-10,23H,6-7,11H2,1H3. The number of oxime groups is 1. The van der Waals surface area contributed by atoms with Crippen LogP contribution in [0, 0.1) is 0 Å². The van der Waals surface area contributed by atoms with Gasteiger partial charge in [0.2, 0.25) is 0 Å². The molecule has 0 atom stereocenters. The Hall–Kier alpha value is -2.75. The summed E-state index contributed by atoms with van der Waals surface area (Å²) in [5, 5.41) is 5.56. The number of anilines is 1. The zero-order valence-corrected chi connectivity index (χ0v) is 17.0. The van der Waals surface area contributed by atoms with Crippen LogP contribution in [0.1, 0.15) is 6.42 Å². The van der Waals surface area contributed by atoms with E-state index in [4.69, 9.17) is 16.4 Å². The Balaban J connectivity index is 1.72. The Morgan fingerprint density at radius 3 is 2.76 bits per heavy atom. The minimum atomic E-state index is -3.84. The maximum absolute atomic E-state index is 13.0. The normalized spacial score (nSPS) is 14.2. The van der Waals surface area contributed by atoms with Crippen molar-refractivity contribution < 1.29 is 13.3 Å². The van der Waals surface area contributed by atoms with Crippen LogP contribution < -0.4 is 10.2 Å². The first-order valence-electron chi connectivity index (χ1n) is 8.78. The predicted molar refractivity (Wildman–Crippen MR) is 114 cm³/mol. The molecule has 4 rings (SSSR count). The zero-order valence-electron chi connectivity index (χ0n) is 15.4. The Labute approximate surface area is 171 Å². The van der Waals surface area contributed by atoms with E-state index in [-0.39, 0.29) is 17.7 Å². The quantitative estimate of drug-likeness (QED) is 0.668. The molecule has 1 N–H and O–H groups in total. The number of hydrogen-bond donors (Lipinski definition) is 1. The maximum atomic E-state index is 13.0. The van der Waals surface area contributed by atoms with Crippen molar-refractivity contribution in [1.29, 1.82) is 0 Å². The summed E-state index contributed by atoms with van der Waals surface area (Å²) in [4.78, 5) is 22.1. The molecule has 0 amide bonds. The molecule has 0 bridgehead atoms. The van der Waals surface area contributed by atoms with Gasteiger partial charge in [0.05, 0.1) is 28.5 Å². The molecule has 0 aliphatic carbocycles. The smallest absolute Gasteiger partial charge is 0.301 e. The largest absolute Gasteiger partial charge is 0.395 e. The van der Waals surface area contributed by atoms with E-state index in [1.165, 1.54) is 19.3 Å². The van der Waals surface area contributed by atoms with Crippen LogP contribution in [-0.2, 0) is 15.0 Å². The molecule has 0 unspecified atom stereocenters. The number of fused-ring (bicyclic) bond motifs is 2. The highest BCUT2D eigenvalue weighted by molar-refractivity contribution is 7.90. The number of nitrogens with zero attached hydrogens (tertiary/aromatic N) is 3. The van der Waals surface area contributed by atoms with E-state index in [1.807, 2.05) is 0 Å². The highest BCUT2D eigenvalue weighted by Gasteiger charge is 2.21. The molecule has 0 fully saturated rings. The Bertz CT molecular complexity index is 1310. The molecule has 0 saturated carbocycles. The van der Waals surface area contributed by atoms with Crippen LogP contribution in [0.4, 0.5) is 5.69 Å². The van der Waals surface area contributed by atoms with Crippen LogP contribution >= 0.6 is 11.6 Å². The van der Waals surface area contributed by atoms with Crippen molar-refractivity contribution in [3.63, 3.8) is 0 Å². The highest BCUT2D eigenvalue weighted by Crippen LogP contribution is 2.21. The monoisotopic (exact) mass is 432 g/mol. The fourth-order valence-electron chi connectivity index (χ4n) is 3.06. The first-order chi connectivity index (χ1) is 13.8. The van der Waals surface area contributed by atoms with Gasteiger partial charge in [-0.25, -0.2) is 0 Å². The van der Waals surface area contributed by atoms with Gasteiger partial charge in [0.25, 0.3) is 0 Å². The fourth-order valence-corrected chi connectivity index (χ4v) is 4.12. The third-order valence-electron chi connectivity index (χ3n) is 4.59. The number of nitrogens with one attached hydrogen (secondary N) is 1. The lowest BCUT2D eigenvalue weighted by Crippen LogP contribution is -2.36. The molecule has 8 nitrogen and oxygen atoms in total. The number of rotatable bonds is 5. The molecule has 10 heteroatoms. The molecular weight excluding hydrogens is 416 g/mol. The van der Waals surface area contributed by atoms with Gasteiger partial charge in [0, 0.05) is 30.4 Å². The highest BCUT2D eigenvalue weighted by atomic mass is 35.5. The van der Waals surface area contributed by atoms with Crippen molar-refractivity contribution in [1.82, 2.24) is 9.29 Å². The van der Waals surface area contributed by atoms with Gasteiger partial charge in [-0.05, 0) is 29.7 Å². The van der Waals surface area contributed by atoms with Gasteiger partial charge in [-0.2, -0.15) is 12.7 Å². The van der Waals surface area contributed by atoms with E-state index >= 15 is 0 Å². The van der Waals surface area contributed by atoms with E-state index in [1.54, 1.807) is 30.3 Å². The van der Waals surface area contributed by atoms with Gasteiger partial charge in [-0.1, -0.05) is 28.9 Å². The van der Waals surface area contributed by atoms with Gasteiger partial charge in [-0.3, -0.25) is 14.5 Å². The second-order valence-electron chi connectivity index (χ2n) is 6.65. The second-order valence-corrected chi connectivity index (χ2v) is 8.87. The molecule has 0 radical (unpaired) electrons. The summed E-state index contributed by atoms with van der Waals surface area (Å²) in [5.74, 6) is 0. The first-order valence-corrected chi connectivity index (χ1v) is 10.6. The van der Waals surface area contributed by atoms with Crippen LogP contribution in [0.5, 0.6) is 0 Å². The fraction of sp³-hybridized carbons (Fsp3) is 0.211. The molecule has 1 aliphatic heterocycles. The van der Waals surface area contributed by atoms with Crippen LogP contribution in [0.25, 0.3) is 21.7 Å². The van der Waals surface area contributed by atoms with E-state index in [0.29, 0.717) is 45.4 Å². The Morgan fingerprint density at radius 2 is 2.00 bits per heavy atom. The summed E-state index contributed by atoms with van der Waals surface area (Å²) < 4.78 is 28.9. The van der Waals surface area contributed by atoms with E-state index in [2.05, 4.69) is 14.9 Å². The number of pyridine rings is 1. The van der Waals surface area contributed by atoms with Crippen molar-refractivity contribution in [3.05, 3.63) is 57.8 Å². The van der Waals surface area contributed by atoms with E-state index < -0.39 is 10.2 Å². The number of halogens is 1. The third kappa shape index (κ3) is 4.02. The number of aromatic nitrogens is 1. The molecule has 1 aromatic heterocycles. The molecule has 150 valence electrons. The third-order valence-corrected chi connectivity index (χ3v) is 6.24. The average molecular weight is 433 g/mol. The van der Waals surface area contributed by atoms with Crippen molar-refractivity contribution >= 4 is 54.9 Å². The molecule has 1 aliphatic rings. The maximum Gasteiger partial charge on any atom is 0.301 e. The van der Waals surface area contributed by atoms with Crippen LogP contribution in [-0.4, -0.2) is 43.6 Å². The summed E-state index contributed by atoms with van der Waals surface area (Å²) in [6.07, 6.45) is 2.07. The minimum absolute atomic E-state index is 0.124. The summed E-state index contributed by atoms with van der Waals surface area (Å²) in [6.45, 7) is 0.580. The number of hydrogen-bond acceptors (Lipinski definition) is 6. The predicted octanol–water partition coefficient (Wildman–Crippen LogP) is 2.77.